The van der Waals surface area contributed by atoms with Crippen LogP contribution in [0.5, 0.6) is 0 Å². The second-order valence-electron chi connectivity index (χ2n) is 2.48. The summed E-state index contributed by atoms with van der Waals surface area (Å²) in [6, 6.07) is 2.51. The highest BCUT2D eigenvalue weighted by Crippen LogP contribution is 2.21. The molecule has 1 rings (SSSR count). The molecule has 0 spiro atoms. The van der Waals surface area contributed by atoms with Gasteiger partial charge < -0.3 is 14.9 Å². The lowest BCUT2D eigenvalue weighted by atomic mass is 10.3. The van der Waals surface area contributed by atoms with Gasteiger partial charge >= 0.3 is 11.8 Å². The molecule has 0 saturated heterocycles. The van der Waals surface area contributed by atoms with Gasteiger partial charge in [-0.15, -0.1) is 0 Å². The standard InChI is InChI=1S/C8H7ClN2O4/c1-2-15-8(12)6-4-3-5(9)7(10-6)11(13)14/h3-4H,2H2,1H3. The quantitative estimate of drug-likeness (QED) is 0.449. The SMILES string of the molecule is CCOC(=O)c1ccc(Cl)c([N+](=O)[O-])n1. The molecular formula is C8H7ClN2O4. The first-order valence-electron chi connectivity index (χ1n) is 4.04. The zero-order chi connectivity index (χ0) is 11.4. The highest BCUT2D eigenvalue weighted by molar-refractivity contribution is 6.32. The molecule has 0 aromatic carbocycles. The number of hydrogen-bond acceptors (Lipinski definition) is 5. The fourth-order valence-electron chi connectivity index (χ4n) is 0.878. The number of nitrogens with zero attached hydrogens (tertiary/aromatic N) is 2. The Kier molecular flexibility index (Phi) is 3.56. The maximum atomic E-state index is 11.2. The molecule has 15 heavy (non-hydrogen) atoms. The van der Waals surface area contributed by atoms with Crippen molar-refractivity contribution in [2.45, 2.75) is 6.92 Å². The Bertz CT molecular complexity index is 408. The molecule has 0 aliphatic rings. The van der Waals surface area contributed by atoms with Crippen molar-refractivity contribution in [2.75, 3.05) is 6.61 Å². The fourth-order valence-corrected chi connectivity index (χ4v) is 1.05. The largest absolute Gasteiger partial charge is 0.460 e. The minimum Gasteiger partial charge on any atom is -0.460 e. The predicted octanol–water partition coefficient (Wildman–Crippen LogP) is 1.82. The Morgan fingerprint density at radius 2 is 2.33 bits per heavy atom. The number of pyridine rings is 1. The molecule has 1 heterocycles. The third-order valence-electron chi connectivity index (χ3n) is 1.49. The Morgan fingerprint density at radius 1 is 1.67 bits per heavy atom. The topological polar surface area (TPSA) is 82.3 Å². The molecule has 7 heteroatoms. The molecular weight excluding hydrogens is 224 g/mol. The summed E-state index contributed by atoms with van der Waals surface area (Å²) in [6.07, 6.45) is 0. The van der Waals surface area contributed by atoms with Crippen LogP contribution in [-0.2, 0) is 4.74 Å². The lowest BCUT2D eigenvalue weighted by Gasteiger charge is -1.98. The van der Waals surface area contributed by atoms with Crippen molar-refractivity contribution in [3.8, 4) is 0 Å². The highest BCUT2D eigenvalue weighted by atomic mass is 35.5. The molecule has 6 nitrogen and oxygen atoms in total. The van der Waals surface area contributed by atoms with Gasteiger partial charge in [-0.2, -0.15) is 0 Å². The third kappa shape index (κ3) is 2.63. The van der Waals surface area contributed by atoms with Crippen LogP contribution < -0.4 is 0 Å². The number of aromatic nitrogens is 1. The summed E-state index contributed by atoms with van der Waals surface area (Å²) >= 11 is 5.52. The number of carbonyl (C=O) groups is 1. The van der Waals surface area contributed by atoms with Crippen molar-refractivity contribution in [3.63, 3.8) is 0 Å². The van der Waals surface area contributed by atoms with Crippen molar-refractivity contribution < 1.29 is 14.5 Å². The van der Waals surface area contributed by atoms with Crippen LogP contribution in [0.1, 0.15) is 17.4 Å². The van der Waals surface area contributed by atoms with E-state index in [0.717, 1.165) is 0 Å². The van der Waals surface area contributed by atoms with Gasteiger partial charge in [-0.25, -0.2) is 4.79 Å². The van der Waals surface area contributed by atoms with Gasteiger partial charge in [0.1, 0.15) is 5.02 Å². The number of carbonyl (C=O) groups excluding carboxylic acids is 1. The molecule has 0 aliphatic heterocycles. The summed E-state index contributed by atoms with van der Waals surface area (Å²) in [5.74, 6) is -1.26. The molecule has 0 fully saturated rings. The first kappa shape index (κ1) is 11.4. The van der Waals surface area contributed by atoms with Crippen LogP contribution in [0.2, 0.25) is 5.02 Å². The summed E-state index contributed by atoms with van der Waals surface area (Å²) < 4.78 is 4.64. The zero-order valence-electron chi connectivity index (χ0n) is 7.77. The molecule has 0 amide bonds. The van der Waals surface area contributed by atoms with Gasteiger partial charge in [-0.05, 0) is 29.0 Å². The van der Waals surface area contributed by atoms with E-state index in [4.69, 9.17) is 11.6 Å². The van der Waals surface area contributed by atoms with E-state index in [1.165, 1.54) is 12.1 Å². The number of esters is 1. The Hall–Kier alpha value is -1.69. The van der Waals surface area contributed by atoms with Crippen molar-refractivity contribution in [1.29, 1.82) is 0 Å². The Morgan fingerprint density at radius 3 is 2.87 bits per heavy atom. The summed E-state index contributed by atoms with van der Waals surface area (Å²) in [6.45, 7) is 1.80. The summed E-state index contributed by atoms with van der Waals surface area (Å²) in [4.78, 5) is 24.4. The van der Waals surface area contributed by atoms with E-state index in [1.807, 2.05) is 0 Å². The first-order chi connectivity index (χ1) is 7.06. The normalized spacial score (nSPS) is 9.73. The average molecular weight is 231 g/mol. The average Bonchev–Trinajstić information content (AvgIpc) is 2.18. The summed E-state index contributed by atoms with van der Waals surface area (Å²) in [5.41, 5.74) is -0.132. The van der Waals surface area contributed by atoms with Gasteiger partial charge in [0, 0.05) is 0 Å². The second kappa shape index (κ2) is 4.70. The van der Waals surface area contributed by atoms with Crippen molar-refractivity contribution in [3.05, 3.63) is 33.0 Å². The van der Waals surface area contributed by atoms with E-state index < -0.39 is 16.7 Å². The van der Waals surface area contributed by atoms with Crippen LogP contribution in [0.3, 0.4) is 0 Å². The maximum Gasteiger partial charge on any atom is 0.383 e. The second-order valence-corrected chi connectivity index (χ2v) is 2.89. The van der Waals surface area contributed by atoms with E-state index in [2.05, 4.69) is 9.72 Å². The fraction of sp³-hybridized carbons (Fsp3) is 0.250. The molecule has 0 bridgehead atoms. The van der Waals surface area contributed by atoms with Crippen LogP contribution in [0.4, 0.5) is 5.82 Å². The molecule has 1 aromatic rings. The van der Waals surface area contributed by atoms with Crippen molar-refractivity contribution in [2.24, 2.45) is 0 Å². The van der Waals surface area contributed by atoms with Gasteiger partial charge in [0.05, 0.1) is 6.61 Å². The van der Waals surface area contributed by atoms with Crippen molar-refractivity contribution >= 4 is 23.4 Å². The van der Waals surface area contributed by atoms with E-state index in [1.54, 1.807) is 6.92 Å². The third-order valence-corrected chi connectivity index (χ3v) is 1.78. The lowest BCUT2D eigenvalue weighted by molar-refractivity contribution is -0.389. The minimum absolute atomic E-state index is 0.118. The highest BCUT2D eigenvalue weighted by Gasteiger charge is 2.21. The predicted molar refractivity (Wildman–Crippen MR) is 51.9 cm³/mol. The van der Waals surface area contributed by atoms with Gasteiger partial charge in [0.25, 0.3) is 5.69 Å². The number of rotatable bonds is 3. The van der Waals surface area contributed by atoms with E-state index in [0.29, 0.717) is 0 Å². The monoisotopic (exact) mass is 230 g/mol. The molecule has 0 atom stereocenters. The maximum absolute atomic E-state index is 11.2. The molecule has 80 valence electrons. The van der Waals surface area contributed by atoms with E-state index in [-0.39, 0.29) is 17.3 Å². The molecule has 0 saturated carbocycles. The summed E-state index contributed by atoms with van der Waals surface area (Å²) in [5, 5.41) is 10.3. The smallest absolute Gasteiger partial charge is 0.383 e. The molecule has 0 aliphatic carbocycles. The van der Waals surface area contributed by atoms with Crippen LogP contribution in [-0.4, -0.2) is 22.5 Å². The zero-order valence-corrected chi connectivity index (χ0v) is 8.52. The first-order valence-corrected chi connectivity index (χ1v) is 4.42. The van der Waals surface area contributed by atoms with Gasteiger partial charge in [0.15, 0.2) is 0 Å². The molecule has 0 N–H and O–H groups in total. The molecule has 0 unspecified atom stereocenters. The van der Waals surface area contributed by atoms with E-state index in [9.17, 15) is 14.9 Å². The number of halogens is 1. The summed E-state index contributed by atoms with van der Waals surface area (Å²) in [7, 11) is 0. The van der Waals surface area contributed by atoms with Crippen LogP contribution in [0, 0.1) is 10.1 Å². The number of hydrogen-bond donors (Lipinski definition) is 0. The van der Waals surface area contributed by atoms with Gasteiger partial charge in [-0.3, -0.25) is 0 Å². The van der Waals surface area contributed by atoms with Crippen LogP contribution in [0.25, 0.3) is 0 Å². The van der Waals surface area contributed by atoms with Gasteiger partial charge in [-0.1, -0.05) is 11.6 Å². The van der Waals surface area contributed by atoms with E-state index >= 15 is 0 Å². The Labute approximate surface area is 90.0 Å². The Balaban J connectivity index is 3.07. The van der Waals surface area contributed by atoms with Crippen molar-refractivity contribution in [1.82, 2.24) is 4.98 Å². The molecule has 0 radical (unpaired) electrons. The van der Waals surface area contributed by atoms with Crippen LogP contribution >= 0.6 is 11.6 Å². The lowest BCUT2D eigenvalue weighted by Crippen LogP contribution is -2.08. The van der Waals surface area contributed by atoms with Crippen LogP contribution in [0.15, 0.2) is 12.1 Å². The number of nitro groups is 1. The minimum atomic E-state index is -0.759. The van der Waals surface area contributed by atoms with Gasteiger partial charge in [0.2, 0.25) is 0 Å². The molecule has 1 aromatic heterocycles. The number of ether oxygens (including phenoxy) is 1.